The minimum atomic E-state index is 0.537. The molecule has 1 rings (SSSR count). The molecule has 1 heterocycles. The fourth-order valence-corrected chi connectivity index (χ4v) is 1.69. The lowest BCUT2D eigenvalue weighted by Gasteiger charge is -2.15. The van der Waals surface area contributed by atoms with Gasteiger partial charge in [-0.3, -0.25) is 0 Å². The normalized spacial score (nSPS) is 13.1. The van der Waals surface area contributed by atoms with Crippen LogP contribution in [0, 0.1) is 12.8 Å². The van der Waals surface area contributed by atoms with Crippen molar-refractivity contribution in [2.24, 2.45) is 5.92 Å². The summed E-state index contributed by atoms with van der Waals surface area (Å²) in [5, 5.41) is 3.44. The van der Waals surface area contributed by atoms with Crippen molar-refractivity contribution in [2.75, 3.05) is 12.3 Å². The molecule has 1 aromatic heterocycles. The van der Waals surface area contributed by atoms with Crippen molar-refractivity contribution in [3.63, 3.8) is 0 Å². The highest BCUT2D eigenvalue weighted by Crippen LogP contribution is 2.15. The molecule has 3 N–H and O–H groups in total. The molecule has 0 aromatic carbocycles. The molecular formula is C13H23N3. The molecule has 0 saturated heterocycles. The van der Waals surface area contributed by atoms with Gasteiger partial charge in [-0.15, -0.1) is 0 Å². The summed E-state index contributed by atoms with van der Waals surface area (Å²) in [6.07, 6.45) is 2.80. The first kappa shape index (κ1) is 13.0. The Balaban J connectivity index is 2.55. The number of nitrogens with zero attached hydrogens (tertiary/aromatic N) is 1. The van der Waals surface area contributed by atoms with E-state index in [9.17, 15) is 0 Å². The summed E-state index contributed by atoms with van der Waals surface area (Å²) < 4.78 is 0. The number of pyridine rings is 1. The van der Waals surface area contributed by atoms with Crippen molar-refractivity contribution in [2.45, 2.75) is 40.2 Å². The van der Waals surface area contributed by atoms with Gasteiger partial charge in [0.25, 0.3) is 0 Å². The van der Waals surface area contributed by atoms with Crippen LogP contribution < -0.4 is 11.1 Å². The molecule has 1 unspecified atom stereocenters. The highest BCUT2D eigenvalue weighted by Gasteiger charge is 2.08. The van der Waals surface area contributed by atoms with Crippen LogP contribution >= 0.6 is 0 Å². The Kier molecular flexibility index (Phi) is 4.74. The largest absolute Gasteiger partial charge is 0.383 e. The number of anilines is 1. The zero-order chi connectivity index (χ0) is 12.1. The first-order valence-electron chi connectivity index (χ1n) is 5.93. The van der Waals surface area contributed by atoms with Crippen LogP contribution in [0.25, 0.3) is 0 Å². The topological polar surface area (TPSA) is 50.9 Å². The molecule has 0 aliphatic carbocycles. The fraction of sp³-hybridized carbons (Fsp3) is 0.615. The second-order valence-corrected chi connectivity index (χ2v) is 4.93. The second kappa shape index (κ2) is 5.85. The van der Waals surface area contributed by atoms with Gasteiger partial charge in [-0.25, -0.2) is 4.98 Å². The Morgan fingerprint density at radius 3 is 2.69 bits per heavy atom. The zero-order valence-corrected chi connectivity index (χ0v) is 10.7. The average Bonchev–Trinajstić information content (AvgIpc) is 2.20. The average molecular weight is 221 g/mol. The SMILES string of the molecule is Cc1cnc(N)c(CC(C)CNC(C)C)c1. The van der Waals surface area contributed by atoms with Gasteiger partial charge >= 0.3 is 0 Å². The van der Waals surface area contributed by atoms with Crippen molar-refractivity contribution in [1.82, 2.24) is 10.3 Å². The van der Waals surface area contributed by atoms with Crippen LogP contribution in [0.3, 0.4) is 0 Å². The standard InChI is InChI=1S/C13H23N3/c1-9(2)15-7-10(3)5-12-6-11(4)8-16-13(12)14/h6,8-10,15H,5,7H2,1-4H3,(H2,14,16). The Morgan fingerprint density at radius 2 is 2.06 bits per heavy atom. The fourth-order valence-electron chi connectivity index (χ4n) is 1.69. The van der Waals surface area contributed by atoms with E-state index in [-0.39, 0.29) is 0 Å². The van der Waals surface area contributed by atoms with Crippen LogP contribution in [-0.4, -0.2) is 17.6 Å². The Labute approximate surface area is 98.5 Å². The van der Waals surface area contributed by atoms with Gasteiger partial charge in [-0.2, -0.15) is 0 Å². The van der Waals surface area contributed by atoms with E-state index in [0.717, 1.165) is 18.5 Å². The van der Waals surface area contributed by atoms with Crippen LogP contribution in [-0.2, 0) is 6.42 Å². The highest BCUT2D eigenvalue weighted by atomic mass is 14.9. The third-order valence-electron chi connectivity index (χ3n) is 2.58. The number of hydrogen-bond acceptors (Lipinski definition) is 3. The maximum atomic E-state index is 5.86. The minimum Gasteiger partial charge on any atom is -0.383 e. The van der Waals surface area contributed by atoms with Crippen molar-refractivity contribution >= 4 is 5.82 Å². The van der Waals surface area contributed by atoms with Gasteiger partial charge in [0.05, 0.1) is 0 Å². The summed E-state index contributed by atoms with van der Waals surface area (Å²) in [6.45, 7) is 9.62. The first-order chi connectivity index (χ1) is 7.49. The summed E-state index contributed by atoms with van der Waals surface area (Å²) in [7, 11) is 0. The van der Waals surface area contributed by atoms with Crippen molar-refractivity contribution < 1.29 is 0 Å². The van der Waals surface area contributed by atoms with Gasteiger partial charge < -0.3 is 11.1 Å². The van der Waals surface area contributed by atoms with Crippen molar-refractivity contribution in [3.05, 3.63) is 23.4 Å². The second-order valence-electron chi connectivity index (χ2n) is 4.93. The molecule has 3 heteroatoms. The maximum Gasteiger partial charge on any atom is 0.126 e. The number of hydrogen-bond donors (Lipinski definition) is 2. The van der Waals surface area contributed by atoms with Crippen LogP contribution in [0.5, 0.6) is 0 Å². The molecule has 3 nitrogen and oxygen atoms in total. The number of rotatable bonds is 5. The molecule has 0 amide bonds. The lowest BCUT2D eigenvalue weighted by molar-refractivity contribution is 0.476. The molecule has 0 spiro atoms. The molecule has 0 fully saturated rings. The van der Waals surface area contributed by atoms with Gasteiger partial charge in [-0.1, -0.05) is 26.8 Å². The van der Waals surface area contributed by atoms with E-state index in [1.54, 1.807) is 0 Å². The van der Waals surface area contributed by atoms with Crippen molar-refractivity contribution in [1.29, 1.82) is 0 Å². The molecule has 90 valence electrons. The van der Waals surface area contributed by atoms with Gasteiger partial charge in [0.15, 0.2) is 0 Å². The Hall–Kier alpha value is -1.09. The van der Waals surface area contributed by atoms with Crippen LogP contribution in [0.1, 0.15) is 31.9 Å². The number of nitrogens with one attached hydrogen (secondary N) is 1. The molecule has 0 aliphatic rings. The summed E-state index contributed by atoms with van der Waals surface area (Å²) >= 11 is 0. The molecule has 0 aliphatic heterocycles. The quantitative estimate of drug-likeness (QED) is 0.801. The lowest BCUT2D eigenvalue weighted by Crippen LogP contribution is -2.28. The monoisotopic (exact) mass is 221 g/mol. The van der Waals surface area contributed by atoms with E-state index < -0.39 is 0 Å². The van der Waals surface area contributed by atoms with E-state index in [1.807, 2.05) is 13.1 Å². The molecule has 0 radical (unpaired) electrons. The van der Waals surface area contributed by atoms with Crippen LogP contribution in [0.4, 0.5) is 5.82 Å². The predicted molar refractivity (Wildman–Crippen MR) is 69.4 cm³/mol. The number of aromatic nitrogens is 1. The summed E-state index contributed by atoms with van der Waals surface area (Å²) in [6, 6.07) is 2.67. The Morgan fingerprint density at radius 1 is 1.38 bits per heavy atom. The van der Waals surface area contributed by atoms with E-state index in [4.69, 9.17) is 5.73 Å². The maximum absolute atomic E-state index is 5.86. The van der Waals surface area contributed by atoms with E-state index >= 15 is 0 Å². The first-order valence-corrected chi connectivity index (χ1v) is 5.93. The summed E-state index contributed by atoms with van der Waals surface area (Å²) in [5.41, 5.74) is 8.20. The summed E-state index contributed by atoms with van der Waals surface area (Å²) in [4.78, 5) is 4.18. The number of nitrogen functional groups attached to an aromatic ring is 1. The summed E-state index contributed by atoms with van der Waals surface area (Å²) in [5.74, 6) is 1.25. The van der Waals surface area contributed by atoms with Gasteiger partial charge in [0.2, 0.25) is 0 Å². The van der Waals surface area contributed by atoms with Crippen LogP contribution in [0.15, 0.2) is 12.3 Å². The van der Waals surface area contributed by atoms with Gasteiger partial charge in [0, 0.05) is 12.2 Å². The van der Waals surface area contributed by atoms with E-state index in [1.165, 1.54) is 5.56 Å². The number of nitrogens with two attached hydrogens (primary N) is 1. The number of aryl methyl sites for hydroxylation is 1. The minimum absolute atomic E-state index is 0.537. The molecule has 1 atom stereocenters. The van der Waals surface area contributed by atoms with Crippen LogP contribution in [0.2, 0.25) is 0 Å². The smallest absolute Gasteiger partial charge is 0.126 e. The lowest BCUT2D eigenvalue weighted by atomic mass is 10.0. The zero-order valence-electron chi connectivity index (χ0n) is 10.7. The van der Waals surface area contributed by atoms with Gasteiger partial charge in [0.1, 0.15) is 5.82 Å². The molecule has 0 saturated carbocycles. The third-order valence-corrected chi connectivity index (χ3v) is 2.58. The highest BCUT2D eigenvalue weighted by molar-refractivity contribution is 5.40. The Bertz CT molecular complexity index is 334. The predicted octanol–water partition coefficient (Wildman–Crippen LogP) is 2.15. The van der Waals surface area contributed by atoms with Crippen molar-refractivity contribution in [3.8, 4) is 0 Å². The molecule has 16 heavy (non-hydrogen) atoms. The molecule has 0 bridgehead atoms. The van der Waals surface area contributed by atoms with E-state index in [2.05, 4.69) is 37.1 Å². The third kappa shape index (κ3) is 4.19. The molecule has 1 aromatic rings. The molecular weight excluding hydrogens is 198 g/mol. The van der Waals surface area contributed by atoms with E-state index in [0.29, 0.717) is 17.8 Å². The van der Waals surface area contributed by atoms with Gasteiger partial charge in [-0.05, 0) is 36.9 Å².